The molecule has 0 bridgehead atoms. The van der Waals surface area contributed by atoms with Crippen molar-refractivity contribution in [3.8, 4) is 0 Å². The van der Waals surface area contributed by atoms with Crippen LogP contribution in [0.4, 0.5) is 4.79 Å². The van der Waals surface area contributed by atoms with Crippen molar-refractivity contribution in [1.82, 2.24) is 15.5 Å². The van der Waals surface area contributed by atoms with Crippen LogP contribution in [0, 0.1) is 0 Å². The summed E-state index contributed by atoms with van der Waals surface area (Å²) in [5.41, 5.74) is 0. The first-order valence-electron chi connectivity index (χ1n) is 9.77. The molecule has 166 valence electrons. The first-order chi connectivity index (χ1) is 13.8. The van der Waals surface area contributed by atoms with Gasteiger partial charge in [-0.25, -0.2) is 13.2 Å². The average molecular weight is 435 g/mol. The van der Waals surface area contributed by atoms with E-state index in [1.807, 2.05) is 0 Å². The number of carbonyl (C=O) groups excluding carboxylic acids is 2. The molecule has 3 aliphatic heterocycles. The van der Waals surface area contributed by atoms with E-state index in [-0.39, 0.29) is 61.7 Å². The Morgan fingerprint density at radius 2 is 1.93 bits per heavy atom. The molecule has 3 aliphatic rings. The fraction of sp³-hybridized carbons (Fsp3) is 0.882. The van der Waals surface area contributed by atoms with E-state index in [9.17, 15) is 23.1 Å². The molecule has 29 heavy (non-hydrogen) atoms. The highest BCUT2D eigenvalue weighted by Crippen LogP contribution is 2.35. The highest BCUT2D eigenvalue weighted by molar-refractivity contribution is 7.91. The van der Waals surface area contributed by atoms with E-state index in [0.717, 1.165) is 0 Å². The molecule has 3 saturated heterocycles. The Labute approximate surface area is 170 Å². The Hall–Kier alpha value is -1.47. The molecule has 5 atom stereocenters. The highest BCUT2D eigenvalue weighted by Gasteiger charge is 2.50. The number of rotatable bonds is 7. The second kappa shape index (κ2) is 9.56. The smallest absolute Gasteiger partial charge is 0.314 e. The van der Waals surface area contributed by atoms with Gasteiger partial charge in [0.1, 0.15) is 18.3 Å². The summed E-state index contributed by atoms with van der Waals surface area (Å²) in [5.74, 6) is -0.166. The SMILES string of the molecule is COCCNC(=O)NC[C@H]1O[C@@H]2C[C@@H](CC(=O)N3CCS(=O)(=O)CC3)O[C@@H]2[C@@H]1O. The fourth-order valence-corrected chi connectivity index (χ4v) is 5.02. The van der Waals surface area contributed by atoms with Crippen LogP contribution in [0.25, 0.3) is 0 Å². The largest absolute Gasteiger partial charge is 0.388 e. The van der Waals surface area contributed by atoms with E-state index in [1.54, 1.807) is 12.0 Å². The molecule has 0 spiro atoms. The number of fused-ring (bicyclic) bond motifs is 1. The van der Waals surface area contributed by atoms with Gasteiger partial charge in [0.2, 0.25) is 5.91 Å². The number of ether oxygens (including phenoxy) is 3. The first-order valence-corrected chi connectivity index (χ1v) is 11.6. The van der Waals surface area contributed by atoms with Crippen LogP contribution in [0.2, 0.25) is 0 Å². The van der Waals surface area contributed by atoms with Crippen LogP contribution >= 0.6 is 0 Å². The normalized spacial score (nSPS) is 33.3. The number of sulfone groups is 1. The molecule has 3 N–H and O–H groups in total. The van der Waals surface area contributed by atoms with Gasteiger partial charge < -0.3 is 34.9 Å². The van der Waals surface area contributed by atoms with Crippen molar-refractivity contribution in [1.29, 1.82) is 0 Å². The number of hydrogen-bond donors (Lipinski definition) is 3. The molecule has 0 aromatic carbocycles. The third-order valence-corrected chi connectivity index (χ3v) is 7.04. The molecule has 0 aromatic rings. The van der Waals surface area contributed by atoms with Gasteiger partial charge in [0.25, 0.3) is 0 Å². The second-order valence-electron chi connectivity index (χ2n) is 7.53. The first kappa shape index (κ1) is 22.2. The summed E-state index contributed by atoms with van der Waals surface area (Å²) in [4.78, 5) is 25.6. The predicted octanol–water partition coefficient (Wildman–Crippen LogP) is -2.14. The molecule has 0 aromatic heterocycles. The zero-order valence-electron chi connectivity index (χ0n) is 16.4. The van der Waals surface area contributed by atoms with Gasteiger partial charge in [-0.3, -0.25) is 4.79 Å². The van der Waals surface area contributed by atoms with E-state index in [2.05, 4.69) is 10.6 Å². The van der Waals surface area contributed by atoms with Crippen molar-refractivity contribution >= 4 is 21.8 Å². The standard InChI is InChI=1S/C17H29N3O8S/c1-26-5-2-18-17(23)19-10-13-15(22)16-12(28-13)8-11(27-16)9-14(21)20-3-6-29(24,25)7-4-20/h11-13,15-16,22H,2-10H2,1H3,(H2,18,19,23)/t11-,12+,13+,15+,16-/m0/s1. The molecular formula is C17H29N3O8S. The predicted molar refractivity (Wildman–Crippen MR) is 101 cm³/mol. The summed E-state index contributed by atoms with van der Waals surface area (Å²) in [7, 11) is -1.50. The Balaban J connectivity index is 1.39. The molecular weight excluding hydrogens is 406 g/mol. The topological polar surface area (TPSA) is 144 Å². The van der Waals surface area contributed by atoms with Crippen LogP contribution in [0.1, 0.15) is 12.8 Å². The van der Waals surface area contributed by atoms with Crippen LogP contribution in [-0.2, 0) is 28.8 Å². The lowest BCUT2D eigenvalue weighted by Gasteiger charge is -2.28. The summed E-state index contributed by atoms with van der Waals surface area (Å²) >= 11 is 0. The molecule has 0 unspecified atom stereocenters. The minimum atomic E-state index is -3.04. The van der Waals surface area contributed by atoms with Crippen molar-refractivity contribution in [2.75, 3.05) is 51.4 Å². The molecule has 3 fully saturated rings. The highest BCUT2D eigenvalue weighted by atomic mass is 32.2. The molecule has 3 amide bonds. The maximum Gasteiger partial charge on any atom is 0.314 e. The minimum absolute atomic E-state index is 0.00886. The fourth-order valence-electron chi connectivity index (χ4n) is 3.82. The maximum absolute atomic E-state index is 12.4. The zero-order chi connectivity index (χ0) is 21.0. The lowest BCUT2D eigenvalue weighted by molar-refractivity contribution is -0.134. The Morgan fingerprint density at radius 1 is 1.21 bits per heavy atom. The molecule has 3 rings (SSSR count). The molecule has 0 radical (unpaired) electrons. The van der Waals surface area contributed by atoms with Crippen LogP contribution in [0.3, 0.4) is 0 Å². The maximum atomic E-state index is 12.4. The van der Waals surface area contributed by atoms with Crippen LogP contribution in [-0.4, -0.2) is 112 Å². The van der Waals surface area contributed by atoms with Gasteiger partial charge in [0.15, 0.2) is 9.84 Å². The number of aliphatic hydroxyl groups excluding tert-OH is 1. The number of hydrogen-bond acceptors (Lipinski definition) is 8. The van der Waals surface area contributed by atoms with E-state index in [1.165, 1.54) is 0 Å². The second-order valence-corrected chi connectivity index (χ2v) is 9.83. The van der Waals surface area contributed by atoms with Gasteiger partial charge in [0.05, 0.1) is 36.7 Å². The summed E-state index contributed by atoms with van der Waals surface area (Å²) < 4.78 is 39.5. The van der Waals surface area contributed by atoms with Gasteiger partial charge in [-0.15, -0.1) is 0 Å². The van der Waals surface area contributed by atoms with E-state index in [0.29, 0.717) is 19.6 Å². The van der Waals surface area contributed by atoms with Crippen molar-refractivity contribution < 1.29 is 37.3 Å². The van der Waals surface area contributed by atoms with Crippen molar-refractivity contribution in [2.24, 2.45) is 0 Å². The monoisotopic (exact) mass is 435 g/mol. The number of urea groups is 1. The molecule has 3 heterocycles. The third-order valence-electron chi connectivity index (χ3n) is 5.43. The Bertz CT molecular complexity index is 689. The summed E-state index contributed by atoms with van der Waals surface area (Å²) in [6.45, 7) is 1.34. The van der Waals surface area contributed by atoms with Crippen molar-refractivity contribution in [3.63, 3.8) is 0 Å². The molecule has 11 nitrogen and oxygen atoms in total. The van der Waals surface area contributed by atoms with Gasteiger partial charge >= 0.3 is 6.03 Å². The molecule has 12 heteroatoms. The van der Waals surface area contributed by atoms with Gasteiger partial charge in [0, 0.05) is 39.7 Å². The van der Waals surface area contributed by atoms with Crippen molar-refractivity contribution in [2.45, 2.75) is 43.4 Å². The Kier molecular flexibility index (Phi) is 7.32. The van der Waals surface area contributed by atoms with E-state index >= 15 is 0 Å². The van der Waals surface area contributed by atoms with Gasteiger partial charge in [-0.05, 0) is 0 Å². The van der Waals surface area contributed by atoms with Gasteiger partial charge in [-0.1, -0.05) is 0 Å². The summed E-state index contributed by atoms with van der Waals surface area (Å²) in [6.07, 6.45) is -2.14. The average Bonchev–Trinajstić information content (AvgIpc) is 3.18. The number of amides is 3. The summed E-state index contributed by atoms with van der Waals surface area (Å²) in [6, 6.07) is -0.372. The van der Waals surface area contributed by atoms with Crippen molar-refractivity contribution in [3.05, 3.63) is 0 Å². The summed E-state index contributed by atoms with van der Waals surface area (Å²) in [5, 5.41) is 15.7. The number of nitrogens with one attached hydrogen (secondary N) is 2. The number of nitrogens with zero attached hydrogens (tertiary/aromatic N) is 1. The number of methoxy groups -OCH3 is 1. The van der Waals surface area contributed by atoms with E-state index in [4.69, 9.17) is 14.2 Å². The van der Waals surface area contributed by atoms with Crippen LogP contribution < -0.4 is 10.6 Å². The minimum Gasteiger partial charge on any atom is -0.388 e. The van der Waals surface area contributed by atoms with Crippen LogP contribution in [0.5, 0.6) is 0 Å². The van der Waals surface area contributed by atoms with E-state index < -0.39 is 28.1 Å². The third kappa shape index (κ3) is 5.79. The number of carbonyl (C=O) groups is 2. The van der Waals surface area contributed by atoms with Gasteiger partial charge in [-0.2, -0.15) is 0 Å². The van der Waals surface area contributed by atoms with Crippen LogP contribution in [0.15, 0.2) is 0 Å². The lowest BCUT2D eigenvalue weighted by atomic mass is 10.1. The molecule has 0 saturated carbocycles. The number of aliphatic hydroxyl groups is 1. The lowest BCUT2D eigenvalue weighted by Crippen LogP contribution is -2.45. The quantitative estimate of drug-likeness (QED) is 0.385. The Morgan fingerprint density at radius 3 is 2.59 bits per heavy atom. The zero-order valence-corrected chi connectivity index (χ0v) is 17.2. The molecule has 0 aliphatic carbocycles.